The molecule has 3 heterocycles. The molecule has 0 spiro atoms. The number of hydrogen-bond acceptors (Lipinski definition) is 6. The van der Waals surface area contributed by atoms with Crippen molar-refractivity contribution in [2.24, 2.45) is 0 Å². The monoisotopic (exact) mass is 455 g/mol. The Morgan fingerprint density at radius 3 is 2.43 bits per heavy atom. The quantitative estimate of drug-likeness (QED) is 0.642. The lowest BCUT2D eigenvalue weighted by Crippen LogP contribution is -2.36. The molecule has 4 rings (SSSR count). The van der Waals surface area contributed by atoms with Crippen molar-refractivity contribution in [3.63, 3.8) is 0 Å². The summed E-state index contributed by atoms with van der Waals surface area (Å²) < 4.78 is 1.83. The van der Waals surface area contributed by atoms with E-state index in [1.165, 1.54) is 0 Å². The fourth-order valence-electron chi connectivity index (χ4n) is 3.91. The number of para-hydroxylation sites is 2. The summed E-state index contributed by atoms with van der Waals surface area (Å²) in [5.74, 6) is -0.224. The van der Waals surface area contributed by atoms with Crippen LogP contribution in [0.4, 0.5) is 11.4 Å². The summed E-state index contributed by atoms with van der Waals surface area (Å²) in [5.41, 5.74) is 2.09. The van der Waals surface area contributed by atoms with Gasteiger partial charge < -0.3 is 20.9 Å². The summed E-state index contributed by atoms with van der Waals surface area (Å²) in [7, 11) is 2.15. The lowest BCUT2D eigenvalue weighted by atomic mass is 10.0. The number of carbonyl (C=O) groups excluding carboxylic acids is 1. The molecule has 0 aliphatic carbocycles. The maximum atomic E-state index is 12.7. The molecule has 2 aromatic rings. The first-order valence-corrected chi connectivity index (χ1v) is 10.2. The predicted molar refractivity (Wildman–Crippen MR) is 124 cm³/mol. The van der Waals surface area contributed by atoms with Crippen LogP contribution in [0.2, 0.25) is 0 Å². The van der Waals surface area contributed by atoms with Gasteiger partial charge in [0.1, 0.15) is 0 Å². The van der Waals surface area contributed by atoms with E-state index in [9.17, 15) is 4.79 Å². The Hall–Kier alpha value is -1.87. The van der Waals surface area contributed by atoms with Crippen LogP contribution in [0.3, 0.4) is 0 Å². The molecule has 0 atom stereocenters. The Balaban J connectivity index is 0.00000160. The molecule has 0 saturated carbocycles. The van der Waals surface area contributed by atoms with Crippen molar-refractivity contribution >= 4 is 42.1 Å². The van der Waals surface area contributed by atoms with Crippen molar-refractivity contribution in [3.8, 4) is 0 Å². The summed E-state index contributed by atoms with van der Waals surface area (Å²) in [6, 6.07) is 8.59. The number of likely N-dealkylation sites (tertiary alicyclic amines) is 1. The van der Waals surface area contributed by atoms with Gasteiger partial charge in [0.2, 0.25) is 0 Å². The summed E-state index contributed by atoms with van der Waals surface area (Å²) in [6.07, 6.45) is 5.98. The van der Waals surface area contributed by atoms with Crippen molar-refractivity contribution in [2.45, 2.75) is 37.8 Å². The standard InChI is InChI=1S/C20H29N7O.2ClH/c1-26-12-8-15(9-13-26)22-17-4-2-3-5-18(17)23-20(28)19-14-27(25-24-19)16-6-10-21-11-7-16;;/h2-5,14-16,21-22H,6-13H2,1H3,(H,23,28);2*1H. The number of rotatable bonds is 5. The molecule has 1 amide bonds. The molecule has 0 unspecified atom stereocenters. The molecule has 166 valence electrons. The number of benzene rings is 1. The first-order valence-electron chi connectivity index (χ1n) is 10.2. The fraction of sp³-hybridized carbons (Fsp3) is 0.550. The highest BCUT2D eigenvalue weighted by Crippen LogP contribution is 2.25. The third-order valence-electron chi connectivity index (χ3n) is 5.68. The van der Waals surface area contributed by atoms with Crippen LogP contribution in [0.25, 0.3) is 0 Å². The number of aromatic nitrogens is 3. The third kappa shape index (κ3) is 6.07. The van der Waals surface area contributed by atoms with Gasteiger partial charge >= 0.3 is 0 Å². The molecular weight excluding hydrogens is 425 g/mol. The predicted octanol–water partition coefficient (Wildman–Crippen LogP) is 2.80. The van der Waals surface area contributed by atoms with E-state index in [-0.39, 0.29) is 30.7 Å². The molecule has 0 bridgehead atoms. The van der Waals surface area contributed by atoms with Gasteiger partial charge in [0.25, 0.3) is 5.91 Å². The van der Waals surface area contributed by atoms with Crippen molar-refractivity contribution in [1.29, 1.82) is 0 Å². The van der Waals surface area contributed by atoms with Gasteiger partial charge in [0.05, 0.1) is 23.6 Å². The van der Waals surface area contributed by atoms with Gasteiger partial charge in [-0.05, 0) is 71.0 Å². The number of anilines is 2. The zero-order valence-electron chi connectivity index (χ0n) is 17.2. The van der Waals surface area contributed by atoms with Crippen molar-refractivity contribution in [2.75, 3.05) is 43.9 Å². The summed E-state index contributed by atoms with van der Waals surface area (Å²) in [4.78, 5) is 15.1. The number of carbonyl (C=O) groups is 1. The van der Waals surface area contributed by atoms with E-state index in [4.69, 9.17) is 0 Å². The van der Waals surface area contributed by atoms with E-state index in [0.717, 1.165) is 63.2 Å². The van der Waals surface area contributed by atoms with Crippen molar-refractivity contribution < 1.29 is 4.79 Å². The Kier molecular flexibility index (Phi) is 9.36. The minimum absolute atomic E-state index is 0. The smallest absolute Gasteiger partial charge is 0.277 e. The van der Waals surface area contributed by atoms with Gasteiger partial charge in [-0.2, -0.15) is 0 Å². The average molecular weight is 456 g/mol. The van der Waals surface area contributed by atoms with Crippen LogP contribution in [0.15, 0.2) is 30.5 Å². The molecule has 2 fully saturated rings. The summed E-state index contributed by atoms with van der Waals surface area (Å²) >= 11 is 0. The Morgan fingerprint density at radius 1 is 1.07 bits per heavy atom. The molecular formula is C20H31Cl2N7O. The molecule has 10 heteroatoms. The van der Waals surface area contributed by atoms with Crippen LogP contribution >= 0.6 is 24.8 Å². The van der Waals surface area contributed by atoms with Crippen LogP contribution in [0, 0.1) is 0 Å². The van der Waals surface area contributed by atoms with Gasteiger partial charge in [0, 0.05) is 6.04 Å². The van der Waals surface area contributed by atoms with E-state index in [0.29, 0.717) is 17.8 Å². The zero-order valence-corrected chi connectivity index (χ0v) is 18.8. The van der Waals surface area contributed by atoms with E-state index >= 15 is 0 Å². The molecule has 2 aliphatic rings. The second-order valence-corrected chi connectivity index (χ2v) is 7.79. The molecule has 0 radical (unpaired) electrons. The van der Waals surface area contributed by atoms with E-state index in [2.05, 4.69) is 38.2 Å². The van der Waals surface area contributed by atoms with Crippen LogP contribution < -0.4 is 16.0 Å². The minimum Gasteiger partial charge on any atom is -0.381 e. The van der Waals surface area contributed by atoms with Crippen LogP contribution in [-0.4, -0.2) is 65.1 Å². The number of halogens is 2. The molecule has 2 aliphatic heterocycles. The van der Waals surface area contributed by atoms with E-state index < -0.39 is 0 Å². The number of nitrogens with one attached hydrogen (secondary N) is 3. The second kappa shape index (κ2) is 11.5. The molecule has 1 aromatic carbocycles. The van der Waals surface area contributed by atoms with Crippen LogP contribution in [0.5, 0.6) is 0 Å². The number of nitrogens with zero attached hydrogens (tertiary/aromatic N) is 4. The fourth-order valence-corrected chi connectivity index (χ4v) is 3.91. The second-order valence-electron chi connectivity index (χ2n) is 7.79. The first-order chi connectivity index (χ1) is 13.7. The highest BCUT2D eigenvalue weighted by molar-refractivity contribution is 6.04. The van der Waals surface area contributed by atoms with Gasteiger partial charge in [-0.25, -0.2) is 4.68 Å². The normalized spacial score (nSPS) is 18.2. The highest BCUT2D eigenvalue weighted by Gasteiger charge is 2.20. The summed E-state index contributed by atoms with van der Waals surface area (Å²) in [6.45, 7) is 4.13. The van der Waals surface area contributed by atoms with E-state index in [1.807, 2.05) is 28.9 Å². The SMILES string of the molecule is CN1CCC(Nc2ccccc2NC(=O)c2cn(C3CCNCC3)nn2)CC1.Cl.Cl. The minimum atomic E-state index is -0.224. The third-order valence-corrected chi connectivity index (χ3v) is 5.68. The molecule has 1 aromatic heterocycles. The zero-order chi connectivity index (χ0) is 19.3. The molecule has 2 saturated heterocycles. The number of amides is 1. The Bertz CT molecular complexity index is 802. The largest absolute Gasteiger partial charge is 0.381 e. The Labute approximate surface area is 190 Å². The average Bonchev–Trinajstić information content (AvgIpc) is 3.22. The summed E-state index contributed by atoms with van der Waals surface area (Å²) in [5, 5.41) is 18.2. The first kappa shape index (κ1) is 24.4. The van der Waals surface area contributed by atoms with Gasteiger partial charge in [-0.3, -0.25) is 4.79 Å². The number of piperidine rings is 2. The van der Waals surface area contributed by atoms with Gasteiger partial charge in [0.15, 0.2) is 5.69 Å². The Morgan fingerprint density at radius 2 is 1.73 bits per heavy atom. The lowest BCUT2D eigenvalue weighted by Gasteiger charge is -2.30. The van der Waals surface area contributed by atoms with E-state index in [1.54, 1.807) is 6.20 Å². The van der Waals surface area contributed by atoms with Gasteiger partial charge in [-0.1, -0.05) is 17.3 Å². The van der Waals surface area contributed by atoms with Crippen molar-refractivity contribution in [1.82, 2.24) is 25.2 Å². The van der Waals surface area contributed by atoms with Crippen molar-refractivity contribution in [3.05, 3.63) is 36.2 Å². The maximum Gasteiger partial charge on any atom is 0.277 e. The maximum absolute atomic E-state index is 12.7. The lowest BCUT2D eigenvalue weighted by molar-refractivity contribution is 0.102. The van der Waals surface area contributed by atoms with Gasteiger partial charge in [-0.15, -0.1) is 29.9 Å². The number of hydrogen-bond donors (Lipinski definition) is 3. The molecule has 3 N–H and O–H groups in total. The molecule has 8 nitrogen and oxygen atoms in total. The topological polar surface area (TPSA) is 87.1 Å². The van der Waals surface area contributed by atoms with Crippen LogP contribution in [-0.2, 0) is 0 Å². The highest BCUT2D eigenvalue weighted by atomic mass is 35.5. The molecule has 30 heavy (non-hydrogen) atoms. The van der Waals surface area contributed by atoms with Crippen LogP contribution in [0.1, 0.15) is 42.2 Å².